The van der Waals surface area contributed by atoms with Crippen molar-refractivity contribution in [3.8, 4) is 11.1 Å². The van der Waals surface area contributed by atoms with E-state index in [1.54, 1.807) is 0 Å². The average molecular weight is 240 g/mol. The van der Waals surface area contributed by atoms with Gasteiger partial charge in [-0.15, -0.1) is 0 Å². The molecule has 2 heteroatoms. The van der Waals surface area contributed by atoms with Crippen molar-refractivity contribution in [2.45, 2.75) is 13.8 Å². The normalized spacial score (nSPS) is 10.2. The Balaban J connectivity index is 2.65. The van der Waals surface area contributed by atoms with E-state index in [1.165, 1.54) is 12.7 Å². The second kappa shape index (κ2) is 5.05. The molecule has 0 aliphatic rings. The minimum Gasteiger partial charge on any atom is -0.465 e. The Bertz CT molecular complexity index is 571. The van der Waals surface area contributed by atoms with E-state index in [4.69, 9.17) is 4.74 Å². The predicted molar refractivity (Wildman–Crippen MR) is 72.7 cm³/mol. The van der Waals surface area contributed by atoms with Crippen molar-refractivity contribution in [2.24, 2.45) is 0 Å². The van der Waals surface area contributed by atoms with Crippen LogP contribution >= 0.6 is 0 Å². The van der Waals surface area contributed by atoms with Crippen molar-refractivity contribution in [1.29, 1.82) is 0 Å². The van der Waals surface area contributed by atoms with Crippen molar-refractivity contribution < 1.29 is 9.53 Å². The molecule has 2 nitrogen and oxygen atoms in total. The van der Waals surface area contributed by atoms with Crippen molar-refractivity contribution in [3.05, 3.63) is 59.2 Å². The number of benzene rings is 2. The molecule has 2 aromatic carbocycles. The van der Waals surface area contributed by atoms with Gasteiger partial charge in [0.25, 0.3) is 0 Å². The van der Waals surface area contributed by atoms with Crippen LogP contribution in [0.5, 0.6) is 0 Å². The highest BCUT2D eigenvalue weighted by molar-refractivity contribution is 5.97. The van der Waals surface area contributed by atoms with Crippen LogP contribution < -0.4 is 0 Å². The maximum atomic E-state index is 11.8. The molecule has 0 aliphatic heterocycles. The Morgan fingerprint density at radius 3 is 2.22 bits per heavy atom. The van der Waals surface area contributed by atoms with Gasteiger partial charge in [-0.1, -0.05) is 36.4 Å². The molecule has 0 aliphatic carbocycles. The molecule has 0 unspecified atom stereocenters. The molecule has 0 bridgehead atoms. The van der Waals surface area contributed by atoms with Gasteiger partial charge in [0.2, 0.25) is 0 Å². The van der Waals surface area contributed by atoms with Crippen molar-refractivity contribution in [1.82, 2.24) is 0 Å². The summed E-state index contributed by atoms with van der Waals surface area (Å²) >= 11 is 0. The lowest BCUT2D eigenvalue weighted by Gasteiger charge is -2.11. The summed E-state index contributed by atoms with van der Waals surface area (Å²) in [4.78, 5) is 11.8. The largest absolute Gasteiger partial charge is 0.465 e. The van der Waals surface area contributed by atoms with E-state index in [9.17, 15) is 4.79 Å². The van der Waals surface area contributed by atoms with E-state index in [1.807, 2.05) is 56.3 Å². The van der Waals surface area contributed by atoms with Crippen molar-refractivity contribution in [3.63, 3.8) is 0 Å². The fraction of sp³-hybridized carbons (Fsp3) is 0.188. The molecule has 92 valence electrons. The van der Waals surface area contributed by atoms with E-state index < -0.39 is 0 Å². The van der Waals surface area contributed by atoms with Crippen LogP contribution in [-0.4, -0.2) is 13.1 Å². The molecule has 0 radical (unpaired) electrons. The van der Waals surface area contributed by atoms with Gasteiger partial charge in [-0.05, 0) is 42.2 Å². The third-order valence-electron chi connectivity index (χ3n) is 3.12. The molecule has 0 amide bonds. The van der Waals surface area contributed by atoms with Gasteiger partial charge in [0.05, 0.1) is 12.7 Å². The van der Waals surface area contributed by atoms with Gasteiger partial charge in [0.15, 0.2) is 0 Å². The first-order chi connectivity index (χ1) is 8.63. The van der Waals surface area contributed by atoms with Gasteiger partial charge in [-0.3, -0.25) is 0 Å². The topological polar surface area (TPSA) is 26.3 Å². The number of esters is 1. The Morgan fingerprint density at radius 1 is 1.00 bits per heavy atom. The summed E-state index contributed by atoms with van der Waals surface area (Å²) in [5, 5.41) is 0. The smallest absolute Gasteiger partial charge is 0.338 e. The third kappa shape index (κ3) is 2.28. The van der Waals surface area contributed by atoms with Gasteiger partial charge in [0, 0.05) is 0 Å². The minimum atomic E-state index is -0.294. The summed E-state index contributed by atoms with van der Waals surface area (Å²) in [6.07, 6.45) is 0. The van der Waals surface area contributed by atoms with Gasteiger partial charge < -0.3 is 4.74 Å². The van der Waals surface area contributed by atoms with Crippen LogP contribution in [0.15, 0.2) is 42.5 Å². The van der Waals surface area contributed by atoms with Crippen LogP contribution in [0.25, 0.3) is 11.1 Å². The highest BCUT2D eigenvalue weighted by atomic mass is 16.5. The molecule has 0 atom stereocenters. The minimum absolute atomic E-state index is 0.294. The van der Waals surface area contributed by atoms with Crippen LogP contribution in [-0.2, 0) is 4.74 Å². The number of methoxy groups -OCH3 is 1. The summed E-state index contributed by atoms with van der Waals surface area (Å²) in [5.74, 6) is -0.294. The Morgan fingerprint density at radius 2 is 1.61 bits per heavy atom. The van der Waals surface area contributed by atoms with Crippen LogP contribution in [0.1, 0.15) is 21.5 Å². The molecule has 18 heavy (non-hydrogen) atoms. The van der Waals surface area contributed by atoms with E-state index in [0.29, 0.717) is 5.56 Å². The van der Waals surface area contributed by atoms with Crippen molar-refractivity contribution in [2.75, 3.05) is 7.11 Å². The number of hydrogen-bond donors (Lipinski definition) is 0. The SMILES string of the molecule is COC(=O)c1cc(C)c(C)cc1-c1ccccc1. The first-order valence-electron chi connectivity index (χ1n) is 5.88. The highest BCUT2D eigenvalue weighted by Crippen LogP contribution is 2.27. The number of ether oxygens (including phenoxy) is 1. The molecule has 2 aromatic rings. The fourth-order valence-electron chi connectivity index (χ4n) is 1.95. The summed E-state index contributed by atoms with van der Waals surface area (Å²) in [5.41, 5.74) is 4.83. The highest BCUT2D eigenvalue weighted by Gasteiger charge is 2.14. The molecule has 0 fully saturated rings. The summed E-state index contributed by atoms with van der Waals surface area (Å²) < 4.78 is 4.85. The van der Waals surface area contributed by atoms with Gasteiger partial charge >= 0.3 is 5.97 Å². The Hall–Kier alpha value is -2.09. The second-order valence-corrected chi connectivity index (χ2v) is 4.34. The number of aryl methyl sites for hydroxylation is 2. The van der Waals surface area contributed by atoms with E-state index >= 15 is 0 Å². The summed E-state index contributed by atoms with van der Waals surface area (Å²) in [6.45, 7) is 4.04. The number of carbonyl (C=O) groups is 1. The zero-order valence-electron chi connectivity index (χ0n) is 10.9. The maximum Gasteiger partial charge on any atom is 0.338 e. The maximum absolute atomic E-state index is 11.8. The van der Waals surface area contributed by atoms with Gasteiger partial charge in [-0.25, -0.2) is 4.79 Å². The third-order valence-corrected chi connectivity index (χ3v) is 3.12. The van der Waals surface area contributed by atoms with Crippen LogP contribution in [0, 0.1) is 13.8 Å². The molecular formula is C16H16O2. The van der Waals surface area contributed by atoms with E-state index in [0.717, 1.165) is 16.7 Å². The summed E-state index contributed by atoms with van der Waals surface area (Å²) in [7, 11) is 1.41. The van der Waals surface area contributed by atoms with Gasteiger partial charge in [-0.2, -0.15) is 0 Å². The zero-order chi connectivity index (χ0) is 13.1. The monoisotopic (exact) mass is 240 g/mol. The lowest BCUT2D eigenvalue weighted by atomic mass is 9.95. The zero-order valence-corrected chi connectivity index (χ0v) is 10.9. The molecule has 0 spiro atoms. The van der Waals surface area contributed by atoms with Crippen LogP contribution in [0.2, 0.25) is 0 Å². The Labute approximate surface area is 107 Å². The molecule has 0 saturated heterocycles. The lowest BCUT2D eigenvalue weighted by Crippen LogP contribution is -2.05. The molecule has 0 heterocycles. The second-order valence-electron chi connectivity index (χ2n) is 4.34. The first-order valence-corrected chi connectivity index (χ1v) is 5.88. The van der Waals surface area contributed by atoms with Crippen LogP contribution in [0.4, 0.5) is 0 Å². The van der Waals surface area contributed by atoms with Gasteiger partial charge in [0.1, 0.15) is 0 Å². The fourth-order valence-corrected chi connectivity index (χ4v) is 1.95. The number of hydrogen-bond acceptors (Lipinski definition) is 2. The molecule has 0 aromatic heterocycles. The molecule has 0 N–H and O–H groups in total. The number of rotatable bonds is 2. The average Bonchev–Trinajstić information content (AvgIpc) is 2.41. The predicted octanol–water partition coefficient (Wildman–Crippen LogP) is 3.76. The van der Waals surface area contributed by atoms with Crippen molar-refractivity contribution >= 4 is 5.97 Å². The van der Waals surface area contributed by atoms with Crippen LogP contribution in [0.3, 0.4) is 0 Å². The summed E-state index contributed by atoms with van der Waals surface area (Å²) in [6, 6.07) is 13.8. The first kappa shape index (κ1) is 12.4. The molecule has 0 saturated carbocycles. The Kier molecular flexibility index (Phi) is 3.47. The van der Waals surface area contributed by atoms with E-state index in [2.05, 4.69) is 0 Å². The number of carbonyl (C=O) groups excluding carboxylic acids is 1. The van der Waals surface area contributed by atoms with E-state index in [-0.39, 0.29) is 5.97 Å². The lowest BCUT2D eigenvalue weighted by molar-refractivity contribution is 0.0601. The standard InChI is InChI=1S/C16H16O2/c1-11-9-14(13-7-5-4-6-8-13)15(10-12(11)2)16(17)18-3/h4-10H,1-3H3. The quantitative estimate of drug-likeness (QED) is 0.747. The molecule has 2 rings (SSSR count). The molecular weight excluding hydrogens is 224 g/mol.